The molecule has 0 aliphatic carbocycles. The lowest BCUT2D eigenvalue weighted by molar-refractivity contribution is -0.137. The molecule has 0 unspecified atom stereocenters. The van der Waals surface area contributed by atoms with Crippen molar-refractivity contribution in [2.24, 2.45) is 23.0 Å². The Balaban J connectivity index is 1.27. The van der Waals surface area contributed by atoms with E-state index in [9.17, 15) is 18.0 Å². The molecule has 6 rings (SSSR count). The van der Waals surface area contributed by atoms with Crippen LogP contribution in [-0.4, -0.2) is 101 Å². The van der Waals surface area contributed by atoms with Crippen LogP contribution in [0.1, 0.15) is 54.2 Å². The Hall–Kier alpha value is -3.75. The second kappa shape index (κ2) is 15.6. The molecule has 4 fully saturated rings. The van der Waals surface area contributed by atoms with Gasteiger partial charge in [-0.2, -0.15) is 18.7 Å². The molecule has 1 amide bonds. The summed E-state index contributed by atoms with van der Waals surface area (Å²) in [5, 5.41) is 11.3. The topological polar surface area (TPSA) is 127 Å². The van der Waals surface area contributed by atoms with E-state index >= 15 is 0 Å². The number of methoxy groups -OCH3 is 2. The Morgan fingerprint density at radius 2 is 1.70 bits per heavy atom. The normalized spacial score (nSPS) is 25.5. The summed E-state index contributed by atoms with van der Waals surface area (Å²) in [6, 6.07) is 12.3. The van der Waals surface area contributed by atoms with E-state index in [1.54, 1.807) is 20.3 Å². The van der Waals surface area contributed by atoms with E-state index in [1.807, 2.05) is 21.9 Å². The van der Waals surface area contributed by atoms with Crippen molar-refractivity contribution in [1.29, 1.82) is 10.9 Å². The monoisotopic (exact) mass is 699 g/mol. The number of anilines is 1. The molecular formula is C36H48F3N7O4. The lowest BCUT2D eigenvalue weighted by Gasteiger charge is -2.36. The molecule has 4 aliphatic heterocycles. The summed E-state index contributed by atoms with van der Waals surface area (Å²) >= 11 is 0. The van der Waals surface area contributed by atoms with Crippen molar-refractivity contribution >= 4 is 17.4 Å². The van der Waals surface area contributed by atoms with Crippen molar-refractivity contribution in [1.82, 2.24) is 15.2 Å². The minimum atomic E-state index is -4.51. The molecule has 2 aromatic rings. The number of carbonyl (C=O) groups excluding carboxylic acids is 1. The smallest absolute Gasteiger partial charge is 0.416 e. The van der Waals surface area contributed by atoms with Crippen LogP contribution in [0.4, 0.5) is 18.9 Å². The van der Waals surface area contributed by atoms with Gasteiger partial charge in [-0.3, -0.25) is 15.1 Å². The number of hydrogen-bond donors (Lipinski definition) is 3. The lowest BCUT2D eigenvalue weighted by Crippen LogP contribution is -2.40. The number of halogens is 3. The van der Waals surface area contributed by atoms with Gasteiger partial charge in [0, 0.05) is 95.0 Å². The lowest BCUT2D eigenvalue weighted by atomic mass is 9.86. The number of nitrogens with zero attached hydrogens (tertiary/aromatic N) is 4. The van der Waals surface area contributed by atoms with E-state index in [0.717, 1.165) is 42.3 Å². The number of benzene rings is 2. The minimum Gasteiger partial charge on any atom is -0.497 e. The summed E-state index contributed by atoms with van der Waals surface area (Å²) < 4.78 is 58.8. The second-order valence-electron chi connectivity index (χ2n) is 14.0. The Labute approximate surface area is 291 Å². The second-order valence-corrected chi connectivity index (χ2v) is 14.0. The fourth-order valence-electron chi connectivity index (χ4n) is 8.51. The van der Waals surface area contributed by atoms with Gasteiger partial charge in [-0.05, 0) is 61.1 Å². The highest BCUT2D eigenvalue weighted by Crippen LogP contribution is 2.44. The van der Waals surface area contributed by atoms with Gasteiger partial charge in [0.15, 0.2) is 0 Å². The third-order valence-electron chi connectivity index (χ3n) is 11.2. The van der Waals surface area contributed by atoms with E-state index in [1.165, 1.54) is 6.07 Å². The van der Waals surface area contributed by atoms with Crippen molar-refractivity contribution in [2.45, 2.75) is 49.7 Å². The highest BCUT2D eigenvalue weighted by molar-refractivity contribution is 5.82. The van der Waals surface area contributed by atoms with Crippen molar-refractivity contribution < 1.29 is 32.2 Å². The number of rotatable bonds is 10. The quantitative estimate of drug-likeness (QED) is 0.129. The van der Waals surface area contributed by atoms with E-state index in [4.69, 9.17) is 25.2 Å². The Morgan fingerprint density at radius 3 is 2.34 bits per heavy atom. The summed E-state index contributed by atoms with van der Waals surface area (Å²) in [6.45, 7) is 4.99. The Bertz CT molecular complexity index is 1500. The molecule has 4 aliphatic rings. The molecule has 272 valence electrons. The standard InChI is InChI=1S/C36H48F3N7O4/c1-48-22-25-18-46(35(47)32-21-45(27-11-15-50-16-12-27)19-30(32)23-3-6-28(49-2)7-4-23)20-31(25)29-8-5-26(36(37,38)39)17-33(29)44-13-9-24(10-14-44)34(40)42-43-41/h3-8,17,24-25,27,30-32H,9-16,18-22H2,1-2H3,(H3,40,41,42)/t25-,30+,31+,32-/m1/s1. The van der Waals surface area contributed by atoms with Crippen LogP contribution in [0.15, 0.2) is 47.7 Å². The number of carbonyl (C=O) groups is 1. The van der Waals surface area contributed by atoms with E-state index in [-0.39, 0.29) is 41.3 Å². The molecule has 0 bridgehead atoms. The Kier molecular flexibility index (Phi) is 11.3. The first-order chi connectivity index (χ1) is 24.1. The van der Waals surface area contributed by atoms with Gasteiger partial charge >= 0.3 is 6.18 Å². The maximum absolute atomic E-state index is 14.6. The van der Waals surface area contributed by atoms with Crippen molar-refractivity contribution in [3.63, 3.8) is 0 Å². The third-order valence-corrected chi connectivity index (χ3v) is 11.2. The van der Waals surface area contributed by atoms with Crippen LogP contribution < -0.4 is 15.1 Å². The van der Waals surface area contributed by atoms with Gasteiger partial charge in [0.25, 0.3) is 0 Å². The van der Waals surface area contributed by atoms with E-state index in [2.05, 4.69) is 27.7 Å². The number of likely N-dealkylation sites (tertiary alicyclic amines) is 2. The van der Waals surface area contributed by atoms with Crippen molar-refractivity contribution in [3.05, 3.63) is 59.2 Å². The maximum atomic E-state index is 14.6. The average Bonchev–Trinajstić information content (AvgIpc) is 3.77. The predicted molar refractivity (Wildman–Crippen MR) is 182 cm³/mol. The fourth-order valence-corrected chi connectivity index (χ4v) is 8.51. The van der Waals surface area contributed by atoms with Crippen LogP contribution in [0.3, 0.4) is 0 Å². The number of ether oxygens (including phenoxy) is 3. The van der Waals surface area contributed by atoms with E-state index < -0.39 is 11.7 Å². The maximum Gasteiger partial charge on any atom is 0.416 e. The summed E-state index contributed by atoms with van der Waals surface area (Å²) in [6.07, 6.45) is -1.55. The number of amidine groups is 1. The van der Waals surface area contributed by atoms with Gasteiger partial charge < -0.3 is 24.0 Å². The fraction of sp³-hybridized carbons (Fsp3) is 0.611. The minimum absolute atomic E-state index is 0.00447. The summed E-state index contributed by atoms with van der Waals surface area (Å²) in [4.78, 5) is 21.0. The molecule has 0 aromatic heterocycles. The molecule has 4 saturated heterocycles. The van der Waals surface area contributed by atoms with Gasteiger partial charge in [-0.25, -0.2) is 5.43 Å². The van der Waals surface area contributed by atoms with Gasteiger partial charge in [-0.1, -0.05) is 23.4 Å². The SMILES string of the molecule is COC[C@H]1CN(C(=O)[C@@H]2CN(C3CCOCC3)C[C@H]2c2ccc(OC)cc2)C[C@@H]1c1ccc(C(F)(F)F)cc1N1CCC(C(=N)NN=N)CC1. The Morgan fingerprint density at radius 1 is 0.980 bits per heavy atom. The number of amides is 1. The molecular weight excluding hydrogens is 651 g/mol. The van der Waals surface area contributed by atoms with Crippen LogP contribution in [-0.2, 0) is 20.4 Å². The molecule has 50 heavy (non-hydrogen) atoms. The zero-order valence-electron chi connectivity index (χ0n) is 28.8. The number of hydrogen-bond acceptors (Lipinski definition) is 9. The van der Waals surface area contributed by atoms with Crippen LogP contribution in [0.2, 0.25) is 0 Å². The molecule has 11 nitrogen and oxygen atoms in total. The summed E-state index contributed by atoms with van der Waals surface area (Å²) in [5.41, 5.74) is 11.1. The zero-order chi connectivity index (χ0) is 35.4. The first-order valence-corrected chi connectivity index (χ1v) is 17.5. The molecule has 4 heterocycles. The van der Waals surface area contributed by atoms with Crippen LogP contribution in [0, 0.1) is 28.7 Å². The van der Waals surface area contributed by atoms with Crippen molar-refractivity contribution in [3.8, 4) is 5.75 Å². The number of alkyl halides is 3. The average molecular weight is 700 g/mol. The highest BCUT2D eigenvalue weighted by Gasteiger charge is 2.46. The van der Waals surface area contributed by atoms with E-state index in [0.29, 0.717) is 77.1 Å². The van der Waals surface area contributed by atoms with Gasteiger partial charge in [-0.15, -0.1) is 0 Å². The van der Waals surface area contributed by atoms with Crippen LogP contribution in [0.25, 0.3) is 0 Å². The highest BCUT2D eigenvalue weighted by atomic mass is 19.4. The van der Waals surface area contributed by atoms with Crippen LogP contribution >= 0.6 is 0 Å². The molecule has 4 atom stereocenters. The zero-order valence-corrected chi connectivity index (χ0v) is 28.8. The van der Waals surface area contributed by atoms with Gasteiger partial charge in [0.2, 0.25) is 5.91 Å². The molecule has 14 heteroatoms. The van der Waals surface area contributed by atoms with Crippen LogP contribution in [0.5, 0.6) is 5.75 Å². The predicted octanol–water partition coefficient (Wildman–Crippen LogP) is 5.53. The molecule has 3 N–H and O–H groups in total. The largest absolute Gasteiger partial charge is 0.497 e. The molecule has 0 radical (unpaired) electrons. The number of piperidine rings is 1. The van der Waals surface area contributed by atoms with Crippen molar-refractivity contribution in [2.75, 3.05) is 78.2 Å². The summed E-state index contributed by atoms with van der Waals surface area (Å²) in [7, 11) is 3.25. The molecule has 2 aromatic carbocycles. The molecule has 0 spiro atoms. The summed E-state index contributed by atoms with van der Waals surface area (Å²) in [5.74, 6) is 0.239. The molecule has 0 saturated carbocycles. The first kappa shape index (κ1) is 36.1. The van der Waals surface area contributed by atoms with Gasteiger partial charge in [0.05, 0.1) is 25.2 Å². The number of nitrogens with one attached hydrogen (secondary N) is 3. The third kappa shape index (κ3) is 7.76. The van der Waals surface area contributed by atoms with Gasteiger partial charge in [0.1, 0.15) is 11.6 Å². The first-order valence-electron chi connectivity index (χ1n) is 17.5.